The van der Waals surface area contributed by atoms with Gasteiger partial charge in [0.25, 0.3) is 5.56 Å². The van der Waals surface area contributed by atoms with Crippen LogP contribution < -0.4 is 10.9 Å². The highest BCUT2D eigenvalue weighted by atomic mass is 19.1. The molecular weight excluding hydrogens is 385 g/mol. The van der Waals surface area contributed by atoms with Gasteiger partial charge in [-0.25, -0.2) is 9.18 Å². The molecule has 0 saturated carbocycles. The van der Waals surface area contributed by atoms with E-state index in [1.54, 1.807) is 18.2 Å². The first-order chi connectivity index (χ1) is 14.5. The van der Waals surface area contributed by atoms with E-state index in [0.717, 1.165) is 29.3 Å². The van der Waals surface area contributed by atoms with E-state index in [0.29, 0.717) is 18.7 Å². The van der Waals surface area contributed by atoms with Gasteiger partial charge in [0.2, 0.25) is 0 Å². The summed E-state index contributed by atoms with van der Waals surface area (Å²) in [6.45, 7) is 3.04. The Hall–Kier alpha value is -3.19. The molecule has 1 atom stereocenters. The number of nitrogens with one attached hydrogen (secondary N) is 2. The average Bonchev–Trinajstić information content (AvgIpc) is 3.23. The summed E-state index contributed by atoms with van der Waals surface area (Å²) in [4.78, 5) is 30.0. The standard InChI is InChI=1S/C23H24FN3O3/c1-15-8-9-16-12-17(22(28)25-21(16)11-15)13-27(14-18-5-4-10-30-18)23(29)26-20-7-3-2-6-19(20)24/h2-3,6-9,11-12,18H,4-5,10,13-14H2,1H3,(H,25,28)(H,26,29)/t18-/m1/s1. The number of pyridine rings is 1. The molecule has 7 heteroatoms. The van der Waals surface area contributed by atoms with E-state index in [4.69, 9.17) is 4.74 Å². The van der Waals surface area contributed by atoms with E-state index in [1.165, 1.54) is 17.0 Å². The Morgan fingerprint density at radius 2 is 2.10 bits per heavy atom. The fourth-order valence-electron chi connectivity index (χ4n) is 3.69. The minimum absolute atomic E-state index is 0.0965. The van der Waals surface area contributed by atoms with Gasteiger partial charge >= 0.3 is 6.03 Å². The summed E-state index contributed by atoms with van der Waals surface area (Å²) >= 11 is 0. The molecule has 1 saturated heterocycles. The number of halogens is 1. The van der Waals surface area contributed by atoms with E-state index in [2.05, 4.69) is 10.3 Å². The maximum atomic E-state index is 14.0. The first kappa shape index (κ1) is 20.1. The van der Waals surface area contributed by atoms with Crippen molar-refractivity contribution in [3.63, 3.8) is 0 Å². The number of rotatable bonds is 5. The zero-order chi connectivity index (χ0) is 21.1. The number of hydrogen-bond donors (Lipinski definition) is 2. The Bertz CT molecular complexity index is 1120. The van der Waals surface area contributed by atoms with Crippen LogP contribution in [0, 0.1) is 12.7 Å². The number of fused-ring (bicyclic) bond motifs is 1. The van der Waals surface area contributed by atoms with E-state index < -0.39 is 11.8 Å². The van der Waals surface area contributed by atoms with Crippen molar-refractivity contribution in [1.29, 1.82) is 0 Å². The first-order valence-electron chi connectivity index (χ1n) is 10.0. The van der Waals surface area contributed by atoms with Crippen molar-refractivity contribution in [1.82, 2.24) is 9.88 Å². The number of aromatic nitrogens is 1. The molecule has 2 aromatic carbocycles. The minimum Gasteiger partial charge on any atom is -0.376 e. The molecule has 0 aliphatic carbocycles. The van der Waals surface area contributed by atoms with Crippen molar-refractivity contribution in [2.45, 2.75) is 32.4 Å². The maximum Gasteiger partial charge on any atom is 0.322 e. The molecule has 1 fully saturated rings. The minimum atomic E-state index is -0.512. The summed E-state index contributed by atoms with van der Waals surface area (Å²) in [6, 6.07) is 13.2. The molecule has 0 unspecified atom stereocenters. The summed E-state index contributed by atoms with van der Waals surface area (Å²) in [5, 5.41) is 3.50. The first-order valence-corrected chi connectivity index (χ1v) is 10.0. The molecule has 0 spiro atoms. The second-order valence-electron chi connectivity index (χ2n) is 7.64. The number of benzene rings is 2. The van der Waals surface area contributed by atoms with Crippen LogP contribution in [0.2, 0.25) is 0 Å². The molecule has 6 nitrogen and oxygen atoms in total. The number of urea groups is 1. The Morgan fingerprint density at radius 3 is 2.87 bits per heavy atom. The van der Waals surface area contributed by atoms with Crippen LogP contribution in [-0.4, -0.2) is 35.2 Å². The van der Waals surface area contributed by atoms with Crippen LogP contribution in [0.1, 0.15) is 24.0 Å². The molecule has 156 valence electrons. The lowest BCUT2D eigenvalue weighted by Gasteiger charge is -2.26. The molecular formula is C23H24FN3O3. The smallest absolute Gasteiger partial charge is 0.322 e. The summed E-state index contributed by atoms with van der Waals surface area (Å²) in [5.41, 5.74) is 2.13. The van der Waals surface area contributed by atoms with Crippen LogP contribution in [0.5, 0.6) is 0 Å². The van der Waals surface area contributed by atoms with Gasteiger partial charge in [0.05, 0.1) is 18.3 Å². The number of aryl methyl sites for hydroxylation is 1. The number of nitrogens with zero attached hydrogens (tertiary/aromatic N) is 1. The average molecular weight is 409 g/mol. The molecule has 4 rings (SSSR count). The number of amides is 2. The fourth-order valence-corrected chi connectivity index (χ4v) is 3.69. The molecule has 3 aromatic rings. The lowest BCUT2D eigenvalue weighted by atomic mass is 10.1. The van der Waals surface area contributed by atoms with Gasteiger partial charge in [-0.05, 0) is 55.0 Å². The van der Waals surface area contributed by atoms with Gasteiger partial charge in [-0.1, -0.05) is 24.3 Å². The summed E-state index contributed by atoms with van der Waals surface area (Å²) in [6.07, 6.45) is 1.68. The van der Waals surface area contributed by atoms with Crippen molar-refractivity contribution in [2.24, 2.45) is 0 Å². The van der Waals surface area contributed by atoms with Gasteiger partial charge < -0.3 is 19.9 Å². The predicted octanol–water partition coefficient (Wildman–Crippen LogP) is 4.19. The topological polar surface area (TPSA) is 74.4 Å². The Morgan fingerprint density at radius 1 is 1.27 bits per heavy atom. The quantitative estimate of drug-likeness (QED) is 0.664. The lowest BCUT2D eigenvalue weighted by molar-refractivity contribution is 0.0818. The van der Waals surface area contributed by atoms with Crippen molar-refractivity contribution < 1.29 is 13.9 Å². The Balaban J connectivity index is 1.61. The van der Waals surface area contributed by atoms with Crippen LogP contribution in [0.15, 0.2) is 53.3 Å². The predicted molar refractivity (Wildman–Crippen MR) is 114 cm³/mol. The third kappa shape index (κ3) is 4.52. The molecule has 0 bridgehead atoms. The van der Waals surface area contributed by atoms with Crippen LogP contribution in [0.25, 0.3) is 10.9 Å². The number of aromatic amines is 1. The van der Waals surface area contributed by atoms with Crippen molar-refractivity contribution in [3.05, 3.63) is 75.8 Å². The number of carbonyl (C=O) groups excluding carboxylic acids is 1. The van der Waals surface area contributed by atoms with Gasteiger partial charge in [-0.3, -0.25) is 4.79 Å². The van der Waals surface area contributed by atoms with Gasteiger partial charge in [0.15, 0.2) is 0 Å². The second kappa shape index (κ2) is 8.67. The Kier molecular flexibility index (Phi) is 5.81. The number of carbonyl (C=O) groups is 1. The normalized spacial score (nSPS) is 16.0. The Labute approximate surface area is 173 Å². The van der Waals surface area contributed by atoms with Crippen LogP contribution in [0.4, 0.5) is 14.9 Å². The molecule has 2 heterocycles. The summed E-state index contributed by atoms with van der Waals surface area (Å²) < 4.78 is 19.7. The van der Waals surface area contributed by atoms with Gasteiger partial charge in [-0.2, -0.15) is 0 Å². The highest BCUT2D eigenvalue weighted by molar-refractivity contribution is 5.89. The molecule has 2 N–H and O–H groups in total. The molecule has 0 radical (unpaired) electrons. The maximum absolute atomic E-state index is 14.0. The lowest BCUT2D eigenvalue weighted by Crippen LogP contribution is -2.41. The highest BCUT2D eigenvalue weighted by Gasteiger charge is 2.24. The number of anilines is 1. The summed E-state index contributed by atoms with van der Waals surface area (Å²) in [5.74, 6) is -0.512. The molecule has 1 aliphatic heterocycles. The van der Waals surface area contributed by atoms with Crippen molar-refractivity contribution in [3.8, 4) is 0 Å². The highest BCUT2D eigenvalue weighted by Crippen LogP contribution is 2.19. The number of H-pyrrole nitrogens is 1. The van der Waals surface area contributed by atoms with Crippen LogP contribution >= 0.6 is 0 Å². The third-order valence-corrected chi connectivity index (χ3v) is 5.29. The second-order valence-corrected chi connectivity index (χ2v) is 7.64. The van der Waals surface area contributed by atoms with Gasteiger partial charge in [0, 0.05) is 24.2 Å². The zero-order valence-electron chi connectivity index (χ0n) is 16.8. The van der Waals surface area contributed by atoms with E-state index in [9.17, 15) is 14.0 Å². The number of ether oxygens (including phenoxy) is 1. The fraction of sp³-hybridized carbons (Fsp3) is 0.304. The van der Waals surface area contributed by atoms with Crippen LogP contribution in [0.3, 0.4) is 0 Å². The van der Waals surface area contributed by atoms with Gasteiger partial charge in [-0.15, -0.1) is 0 Å². The zero-order valence-corrected chi connectivity index (χ0v) is 16.8. The van der Waals surface area contributed by atoms with Crippen LogP contribution in [-0.2, 0) is 11.3 Å². The molecule has 1 aliphatic rings. The van der Waals surface area contributed by atoms with Crippen molar-refractivity contribution in [2.75, 3.05) is 18.5 Å². The van der Waals surface area contributed by atoms with Crippen molar-refractivity contribution >= 4 is 22.6 Å². The third-order valence-electron chi connectivity index (χ3n) is 5.29. The molecule has 1 aromatic heterocycles. The van der Waals surface area contributed by atoms with Gasteiger partial charge in [0.1, 0.15) is 5.82 Å². The number of para-hydroxylation sites is 1. The van der Waals surface area contributed by atoms with E-state index >= 15 is 0 Å². The van der Waals surface area contributed by atoms with E-state index in [-0.39, 0.29) is 23.9 Å². The molecule has 2 amide bonds. The monoisotopic (exact) mass is 409 g/mol. The largest absolute Gasteiger partial charge is 0.376 e. The van der Waals surface area contributed by atoms with E-state index in [1.807, 2.05) is 25.1 Å². The molecule has 30 heavy (non-hydrogen) atoms. The SMILES string of the molecule is Cc1ccc2cc(CN(C[C@H]3CCCO3)C(=O)Nc3ccccc3F)c(=O)[nH]c2c1. The number of hydrogen-bond acceptors (Lipinski definition) is 3. The summed E-state index contributed by atoms with van der Waals surface area (Å²) in [7, 11) is 0.